The molecule has 0 bridgehead atoms. The van der Waals surface area contributed by atoms with Gasteiger partial charge in [-0.15, -0.1) is 0 Å². The lowest BCUT2D eigenvalue weighted by Gasteiger charge is -2.34. The van der Waals surface area contributed by atoms with Gasteiger partial charge in [0.05, 0.1) is 0 Å². The first kappa shape index (κ1) is 15.5. The summed E-state index contributed by atoms with van der Waals surface area (Å²) in [5.41, 5.74) is 1.30. The van der Waals surface area contributed by atoms with Crippen molar-refractivity contribution in [1.29, 1.82) is 0 Å². The molecule has 0 saturated heterocycles. The molecule has 0 amide bonds. The molecule has 1 aromatic carbocycles. The minimum absolute atomic E-state index is 0.121. The largest absolute Gasteiger partial charge is 0.396 e. The van der Waals surface area contributed by atoms with Crippen LogP contribution >= 0.6 is 11.6 Å². The van der Waals surface area contributed by atoms with Crippen LogP contribution < -0.4 is 5.32 Å². The van der Waals surface area contributed by atoms with Gasteiger partial charge in [-0.05, 0) is 36.5 Å². The second-order valence-electron chi connectivity index (χ2n) is 5.87. The molecule has 0 aliphatic carbocycles. The van der Waals surface area contributed by atoms with Crippen LogP contribution in [0.1, 0.15) is 45.7 Å². The van der Waals surface area contributed by atoms with Crippen LogP contribution in [0.2, 0.25) is 5.02 Å². The lowest BCUT2D eigenvalue weighted by Crippen LogP contribution is -2.42. The monoisotopic (exact) mass is 269 g/mol. The summed E-state index contributed by atoms with van der Waals surface area (Å²) in [4.78, 5) is 0. The molecular formula is C15H24ClNO. The van der Waals surface area contributed by atoms with Crippen molar-refractivity contribution in [1.82, 2.24) is 5.32 Å². The fourth-order valence-electron chi connectivity index (χ4n) is 2.07. The molecule has 0 fully saturated rings. The van der Waals surface area contributed by atoms with Gasteiger partial charge in [0.25, 0.3) is 0 Å². The smallest absolute Gasteiger partial charge is 0.0446 e. The minimum atomic E-state index is 0.121. The van der Waals surface area contributed by atoms with Gasteiger partial charge in [-0.1, -0.05) is 44.5 Å². The Morgan fingerprint density at radius 1 is 1.33 bits per heavy atom. The molecular weight excluding hydrogens is 246 g/mol. The molecule has 0 radical (unpaired) electrons. The van der Waals surface area contributed by atoms with Gasteiger partial charge >= 0.3 is 0 Å². The third-order valence-corrected chi connectivity index (χ3v) is 3.50. The zero-order valence-corrected chi connectivity index (χ0v) is 12.5. The van der Waals surface area contributed by atoms with E-state index in [0.717, 1.165) is 11.4 Å². The van der Waals surface area contributed by atoms with Crippen LogP contribution in [0.3, 0.4) is 0 Å². The average Bonchev–Trinajstić information content (AvgIpc) is 2.27. The molecule has 0 aliphatic rings. The van der Waals surface area contributed by atoms with E-state index in [0.29, 0.717) is 0 Å². The van der Waals surface area contributed by atoms with Gasteiger partial charge in [0.1, 0.15) is 0 Å². The molecule has 2 nitrogen and oxygen atoms in total. The predicted molar refractivity (Wildman–Crippen MR) is 77.9 cm³/mol. The molecule has 0 saturated carbocycles. The third kappa shape index (κ3) is 4.60. The van der Waals surface area contributed by atoms with Gasteiger partial charge in [0, 0.05) is 23.7 Å². The first-order valence-electron chi connectivity index (χ1n) is 6.47. The van der Waals surface area contributed by atoms with Crippen LogP contribution in [0, 0.1) is 5.41 Å². The molecule has 3 heteroatoms. The number of halogens is 1. The number of rotatable bonds is 5. The highest BCUT2D eigenvalue weighted by molar-refractivity contribution is 6.30. The van der Waals surface area contributed by atoms with Crippen molar-refractivity contribution in [2.75, 3.05) is 6.61 Å². The highest BCUT2D eigenvalue weighted by atomic mass is 35.5. The Morgan fingerprint density at radius 3 is 2.50 bits per heavy atom. The van der Waals surface area contributed by atoms with E-state index in [4.69, 9.17) is 16.7 Å². The fourth-order valence-corrected chi connectivity index (χ4v) is 2.27. The van der Waals surface area contributed by atoms with Crippen LogP contribution in [0.25, 0.3) is 0 Å². The lowest BCUT2D eigenvalue weighted by atomic mass is 9.84. The summed E-state index contributed by atoms with van der Waals surface area (Å²) in [6, 6.07) is 8.40. The topological polar surface area (TPSA) is 32.3 Å². The zero-order chi connectivity index (χ0) is 13.8. The molecule has 18 heavy (non-hydrogen) atoms. The molecule has 2 unspecified atom stereocenters. The summed E-state index contributed by atoms with van der Waals surface area (Å²) in [5.74, 6) is 0. The normalized spacial score (nSPS) is 15.4. The second-order valence-corrected chi connectivity index (χ2v) is 6.31. The average molecular weight is 270 g/mol. The fraction of sp³-hybridized carbons (Fsp3) is 0.600. The van der Waals surface area contributed by atoms with Crippen LogP contribution in [0.4, 0.5) is 0 Å². The number of aliphatic hydroxyl groups is 1. The second kappa shape index (κ2) is 6.55. The van der Waals surface area contributed by atoms with E-state index in [1.54, 1.807) is 0 Å². The van der Waals surface area contributed by atoms with E-state index in [1.165, 1.54) is 5.56 Å². The minimum Gasteiger partial charge on any atom is -0.396 e. The Balaban J connectivity index is 2.75. The van der Waals surface area contributed by atoms with Crippen molar-refractivity contribution in [3.05, 3.63) is 34.9 Å². The molecule has 2 N–H and O–H groups in total. The van der Waals surface area contributed by atoms with Gasteiger partial charge < -0.3 is 10.4 Å². The molecule has 0 aromatic heterocycles. The standard InChI is InChI=1S/C15H24ClNO/c1-11(12-6-5-7-13(16)10-12)17-14(8-9-18)15(2,3)4/h5-7,10-11,14,17-18H,8-9H2,1-4H3. The van der Waals surface area contributed by atoms with E-state index in [9.17, 15) is 0 Å². The molecule has 102 valence electrons. The summed E-state index contributed by atoms with van der Waals surface area (Å²) in [5, 5.41) is 13.5. The molecule has 0 aliphatic heterocycles. The molecule has 1 aromatic rings. The Morgan fingerprint density at radius 2 is 2.00 bits per heavy atom. The van der Waals surface area contributed by atoms with E-state index in [1.807, 2.05) is 18.2 Å². The van der Waals surface area contributed by atoms with E-state index < -0.39 is 0 Å². The number of hydrogen-bond donors (Lipinski definition) is 2. The quantitative estimate of drug-likeness (QED) is 0.852. The number of benzene rings is 1. The number of hydrogen-bond acceptors (Lipinski definition) is 2. The van der Waals surface area contributed by atoms with Crippen LogP contribution in [-0.4, -0.2) is 17.8 Å². The van der Waals surface area contributed by atoms with E-state index in [2.05, 4.69) is 39.1 Å². The molecule has 0 heterocycles. The van der Waals surface area contributed by atoms with Crippen LogP contribution in [0.15, 0.2) is 24.3 Å². The van der Waals surface area contributed by atoms with E-state index >= 15 is 0 Å². The summed E-state index contributed by atoms with van der Waals surface area (Å²) in [6.07, 6.45) is 0.758. The van der Waals surface area contributed by atoms with Crippen molar-refractivity contribution in [2.24, 2.45) is 5.41 Å². The maximum Gasteiger partial charge on any atom is 0.0446 e. The van der Waals surface area contributed by atoms with Crippen molar-refractivity contribution in [3.63, 3.8) is 0 Å². The third-order valence-electron chi connectivity index (χ3n) is 3.26. The molecule has 0 spiro atoms. The molecule has 1 rings (SSSR count). The highest BCUT2D eigenvalue weighted by Gasteiger charge is 2.25. The van der Waals surface area contributed by atoms with Crippen molar-refractivity contribution >= 4 is 11.6 Å². The van der Waals surface area contributed by atoms with Crippen LogP contribution in [-0.2, 0) is 0 Å². The maximum absolute atomic E-state index is 9.17. The predicted octanol–water partition coefficient (Wildman–Crippen LogP) is 3.79. The Labute approximate surface area is 115 Å². The summed E-state index contributed by atoms with van der Waals surface area (Å²) in [6.45, 7) is 8.89. The summed E-state index contributed by atoms with van der Waals surface area (Å²) < 4.78 is 0. The van der Waals surface area contributed by atoms with Crippen molar-refractivity contribution in [2.45, 2.75) is 46.2 Å². The maximum atomic E-state index is 9.17. The Bertz CT molecular complexity index is 373. The summed E-state index contributed by atoms with van der Waals surface area (Å²) in [7, 11) is 0. The zero-order valence-electron chi connectivity index (χ0n) is 11.7. The van der Waals surface area contributed by atoms with E-state index in [-0.39, 0.29) is 24.1 Å². The Hall–Kier alpha value is -0.570. The van der Waals surface area contributed by atoms with Crippen LogP contribution in [0.5, 0.6) is 0 Å². The lowest BCUT2D eigenvalue weighted by molar-refractivity contribution is 0.188. The number of nitrogens with one attached hydrogen (secondary N) is 1. The molecule has 2 atom stereocenters. The first-order chi connectivity index (χ1) is 8.34. The van der Waals surface area contributed by atoms with Crippen molar-refractivity contribution < 1.29 is 5.11 Å². The van der Waals surface area contributed by atoms with Gasteiger partial charge in [-0.25, -0.2) is 0 Å². The van der Waals surface area contributed by atoms with Gasteiger partial charge in [-0.2, -0.15) is 0 Å². The van der Waals surface area contributed by atoms with Gasteiger partial charge in [0.15, 0.2) is 0 Å². The summed E-state index contributed by atoms with van der Waals surface area (Å²) >= 11 is 6.01. The first-order valence-corrected chi connectivity index (χ1v) is 6.84. The highest BCUT2D eigenvalue weighted by Crippen LogP contribution is 2.25. The van der Waals surface area contributed by atoms with Gasteiger partial charge in [0.2, 0.25) is 0 Å². The Kier molecular flexibility index (Phi) is 5.64. The van der Waals surface area contributed by atoms with Gasteiger partial charge in [-0.3, -0.25) is 0 Å². The number of aliphatic hydroxyl groups excluding tert-OH is 1. The van der Waals surface area contributed by atoms with Crippen molar-refractivity contribution in [3.8, 4) is 0 Å². The SMILES string of the molecule is CC(NC(CCO)C(C)(C)C)c1cccc(Cl)c1.